The largest absolute Gasteiger partial charge is 0.497 e. The maximum atomic E-state index is 11.7. The third-order valence-corrected chi connectivity index (χ3v) is 3.85. The van der Waals surface area contributed by atoms with Crippen LogP contribution in [0, 0.1) is 3.57 Å². The average molecular weight is 455 g/mol. The van der Waals surface area contributed by atoms with E-state index < -0.39 is 5.97 Å². The van der Waals surface area contributed by atoms with Crippen molar-refractivity contribution in [3.63, 3.8) is 0 Å². The molecule has 0 bridgehead atoms. The van der Waals surface area contributed by atoms with E-state index in [1.807, 2.05) is 12.1 Å². The Kier molecular flexibility index (Phi) is 7.52. The van der Waals surface area contributed by atoms with Crippen LogP contribution in [0.5, 0.6) is 11.5 Å². The fourth-order valence-electron chi connectivity index (χ4n) is 1.87. The van der Waals surface area contributed by atoms with E-state index in [1.165, 1.54) is 0 Å². The molecule has 1 N–H and O–H groups in total. The Morgan fingerprint density at radius 3 is 2.28 bits per heavy atom. The van der Waals surface area contributed by atoms with Gasteiger partial charge in [-0.25, -0.2) is 0 Å². The lowest BCUT2D eigenvalue weighted by Gasteiger charge is -2.08. The second-order valence-corrected chi connectivity index (χ2v) is 6.24. The van der Waals surface area contributed by atoms with Crippen LogP contribution in [-0.2, 0) is 14.3 Å². The molecular weight excluding hydrogens is 437 g/mol. The van der Waals surface area contributed by atoms with Crippen molar-refractivity contribution in [1.29, 1.82) is 0 Å². The lowest BCUT2D eigenvalue weighted by molar-refractivity contribution is -0.147. The molecule has 1 amide bonds. The molecule has 132 valence electrons. The van der Waals surface area contributed by atoms with Gasteiger partial charge in [0.05, 0.1) is 20.1 Å². The Morgan fingerprint density at radius 2 is 1.64 bits per heavy atom. The maximum absolute atomic E-state index is 11.7. The van der Waals surface area contributed by atoms with Crippen LogP contribution < -0.4 is 14.8 Å². The van der Waals surface area contributed by atoms with Crippen LogP contribution in [0.25, 0.3) is 0 Å². The lowest BCUT2D eigenvalue weighted by atomic mass is 10.3. The molecule has 2 rings (SSSR count). The molecule has 0 saturated heterocycles. The number of amides is 1. The monoisotopic (exact) mass is 455 g/mol. The molecule has 0 heterocycles. The summed E-state index contributed by atoms with van der Waals surface area (Å²) >= 11 is 2.18. The summed E-state index contributed by atoms with van der Waals surface area (Å²) in [7, 11) is 1.58. The molecule has 0 fully saturated rings. The molecule has 2 aromatic carbocycles. The Bertz CT molecular complexity index is 700. The first-order chi connectivity index (χ1) is 12.1. The zero-order chi connectivity index (χ0) is 18.1. The van der Waals surface area contributed by atoms with Crippen molar-refractivity contribution in [3.8, 4) is 11.5 Å². The van der Waals surface area contributed by atoms with Crippen LogP contribution >= 0.6 is 22.6 Å². The Balaban J connectivity index is 1.64. The highest BCUT2D eigenvalue weighted by molar-refractivity contribution is 14.1. The molecule has 0 radical (unpaired) electrons. The van der Waals surface area contributed by atoms with Gasteiger partial charge in [-0.05, 0) is 71.1 Å². The van der Waals surface area contributed by atoms with E-state index in [0.29, 0.717) is 11.4 Å². The SMILES string of the molecule is COc1ccc(OCCC(=O)OCC(=O)Nc2ccc(I)cc2)cc1. The van der Waals surface area contributed by atoms with Gasteiger partial charge in [-0.3, -0.25) is 9.59 Å². The average Bonchev–Trinajstić information content (AvgIpc) is 2.62. The summed E-state index contributed by atoms with van der Waals surface area (Å²) in [6, 6.07) is 14.3. The number of methoxy groups -OCH3 is 1. The van der Waals surface area contributed by atoms with Crippen molar-refractivity contribution < 1.29 is 23.8 Å². The van der Waals surface area contributed by atoms with E-state index in [0.717, 1.165) is 9.32 Å². The topological polar surface area (TPSA) is 73.9 Å². The number of anilines is 1. The molecule has 0 aliphatic heterocycles. The quantitative estimate of drug-likeness (QED) is 0.489. The summed E-state index contributed by atoms with van der Waals surface area (Å²) in [4.78, 5) is 23.4. The molecule has 0 atom stereocenters. The minimum Gasteiger partial charge on any atom is -0.497 e. The molecule has 0 aromatic heterocycles. The number of carbonyl (C=O) groups excluding carboxylic acids is 2. The predicted octanol–water partition coefficient (Wildman–Crippen LogP) is 3.25. The third-order valence-electron chi connectivity index (χ3n) is 3.13. The van der Waals surface area contributed by atoms with Crippen molar-refractivity contribution in [2.24, 2.45) is 0 Å². The minimum absolute atomic E-state index is 0.0584. The number of carbonyl (C=O) groups is 2. The predicted molar refractivity (Wildman–Crippen MR) is 102 cm³/mol. The molecule has 7 heteroatoms. The summed E-state index contributed by atoms with van der Waals surface area (Å²) < 4.78 is 16.5. The van der Waals surface area contributed by atoms with Gasteiger partial charge in [-0.2, -0.15) is 0 Å². The van der Waals surface area contributed by atoms with Crippen molar-refractivity contribution in [1.82, 2.24) is 0 Å². The molecule has 6 nitrogen and oxygen atoms in total. The Hall–Kier alpha value is -2.29. The molecule has 0 unspecified atom stereocenters. The van der Waals surface area contributed by atoms with Crippen molar-refractivity contribution in [2.75, 3.05) is 25.6 Å². The van der Waals surface area contributed by atoms with Gasteiger partial charge in [0, 0.05) is 9.26 Å². The first-order valence-corrected chi connectivity index (χ1v) is 8.62. The Labute approximate surface area is 159 Å². The maximum Gasteiger partial charge on any atom is 0.309 e. The van der Waals surface area contributed by atoms with E-state index in [1.54, 1.807) is 43.5 Å². The minimum atomic E-state index is -0.494. The van der Waals surface area contributed by atoms with E-state index in [4.69, 9.17) is 14.2 Å². The normalized spacial score (nSPS) is 10.0. The summed E-state index contributed by atoms with van der Waals surface area (Å²) in [6.45, 7) is -0.155. The molecule has 0 aliphatic carbocycles. The van der Waals surface area contributed by atoms with Crippen molar-refractivity contribution in [3.05, 3.63) is 52.1 Å². The summed E-state index contributed by atoms with van der Waals surface area (Å²) in [6.07, 6.45) is 0.0584. The smallest absolute Gasteiger partial charge is 0.309 e. The molecule has 0 saturated carbocycles. The van der Waals surface area contributed by atoms with Crippen LogP contribution in [0.15, 0.2) is 48.5 Å². The zero-order valence-corrected chi connectivity index (χ0v) is 15.8. The van der Waals surface area contributed by atoms with Gasteiger partial charge in [-0.1, -0.05) is 0 Å². The van der Waals surface area contributed by atoms with Crippen LogP contribution in [-0.4, -0.2) is 32.2 Å². The molecular formula is C18H18INO5. The standard InChI is InChI=1S/C18H18INO5/c1-23-15-6-8-16(9-7-15)24-11-10-18(22)25-12-17(21)20-14-4-2-13(19)3-5-14/h2-9H,10-12H2,1H3,(H,20,21). The molecule has 25 heavy (non-hydrogen) atoms. The number of hydrogen-bond acceptors (Lipinski definition) is 5. The fourth-order valence-corrected chi connectivity index (χ4v) is 2.23. The number of halogens is 1. The van der Waals surface area contributed by atoms with Crippen LogP contribution in [0.3, 0.4) is 0 Å². The summed E-state index contributed by atoms with van der Waals surface area (Å²) in [5.74, 6) is 0.479. The molecule has 2 aromatic rings. The van der Waals surface area contributed by atoms with Gasteiger partial charge in [0.1, 0.15) is 11.5 Å². The summed E-state index contributed by atoms with van der Waals surface area (Å²) in [5.41, 5.74) is 0.657. The van der Waals surface area contributed by atoms with Gasteiger partial charge < -0.3 is 19.5 Å². The van der Waals surface area contributed by atoms with Gasteiger partial charge in [0.15, 0.2) is 6.61 Å². The number of esters is 1. The third kappa shape index (κ3) is 7.00. The van der Waals surface area contributed by atoms with E-state index in [9.17, 15) is 9.59 Å². The van der Waals surface area contributed by atoms with Gasteiger partial charge in [0.2, 0.25) is 0 Å². The van der Waals surface area contributed by atoms with Crippen LogP contribution in [0.4, 0.5) is 5.69 Å². The molecule has 0 aliphatic rings. The second kappa shape index (κ2) is 9.87. The number of hydrogen-bond donors (Lipinski definition) is 1. The van der Waals surface area contributed by atoms with E-state index in [2.05, 4.69) is 27.9 Å². The highest BCUT2D eigenvalue weighted by Crippen LogP contribution is 2.17. The van der Waals surface area contributed by atoms with Crippen molar-refractivity contribution >= 4 is 40.2 Å². The van der Waals surface area contributed by atoms with Gasteiger partial charge in [0.25, 0.3) is 5.91 Å². The summed E-state index contributed by atoms with van der Waals surface area (Å²) in [5, 5.41) is 2.65. The van der Waals surface area contributed by atoms with E-state index in [-0.39, 0.29) is 25.5 Å². The fraction of sp³-hybridized carbons (Fsp3) is 0.222. The van der Waals surface area contributed by atoms with Crippen molar-refractivity contribution in [2.45, 2.75) is 6.42 Å². The van der Waals surface area contributed by atoms with E-state index >= 15 is 0 Å². The highest BCUT2D eigenvalue weighted by Gasteiger charge is 2.08. The number of ether oxygens (including phenoxy) is 3. The first-order valence-electron chi connectivity index (χ1n) is 7.55. The van der Waals surface area contributed by atoms with Gasteiger partial charge in [-0.15, -0.1) is 0 Å². The van der Waals surface area contributed by atoms with Crippen LogP contribution in [0.2, 0.25) is 0 Å². The molecule has 0 spiro atoms. The number of nitrogens with one attached hydrogen (secondary N) is 1. The first kappa shape index (κ1) is 19.0. The second-order valence-electron chi connectivity index (χ2n) is 4.99. The van der Waals surface area contributed by atoms with Gasteiger partial charge >= 0.3 is 5.97 Å². The van der Waals surface area contributed by atoms with Crippen LogP contribution in [0.1, 0.15) is 6.42 Å². The Morgan fingerprint density at radius 1 is 1.00 bits per heavy atom. The zero-order valence-electron chi connectivity index (χ0n) is 13.7. The number of benzene rings is 2. The number of rotatable bonds is 8. The highest BCUT2D eigenvalue weighted by atomic mass is 127. The lowest BCUT2D eigenvalue weighted by Crippen LogP contribution is -2.21.